The molecule has 0 radical (unpaired) electrons. The van der Waals surface area contributed by atoms with Gasteiger partial charge in [-0.3, -0.25) is 19.0 Å². The maximum atomic E-state index is 13.5. The Bertz CT molecular complexity index is 1350. The van der Waals surface area contributed by atoms with E-state index in [0.29, 0.717) is 34.0 Å². The number of hydrogen-bond donors (Lipinski definition) is 1. The van der Waals surface area contributed by atoms with Gasteiger partial charge in [-0.15, -0.1) is 11.3 Å². The first-order valence-electron chi connectivity index (χ1n) is 10.7. The molecule has 2 heterocycles. The van der Waals surface area contributed by atoms with E-state index in [1.807, 2.05) is 66.7 Å². The molecule has 2 aromatic carbocycles. The van der Waals surface area contributed by atoms with Gasteiger partial charge in [-0.2, -0.15) is 0 Å². The maximum absolute atomic E-state index is 13.5. The number of methoxy groups -OCH3 is 1. The fourth-order valence-corrected chi connectivity index (χ4v) is 5.27. The number of fused-ring (bicyclic) bond motifs is 1. The number of hydrogen-bond acceptors (Lipinski definition) is 7. The Morgan fingerprint density at radius 1 is 1.09 bits per heavy atom. The Balaban J connectivity index is 1.60. The Morgan fingerprint density at radius 3 is 2.50 bits per heavy atom. The van der Waals surface area contributed by atoms with Gasteiger partial charge in [0.25, 0.3) is 5.56 Å². The second-order valence-electron chi connectivity index (χ2n) is 7.38. The zero-order valence-electron chi connectivity index (χ0n) is 18.5. The van der Waals surface area contributed by atoms with Crippen LogP contribution >= 0.6 is 23.1 Å². The molecule has 0 saturated carbocycles. The van der Waals surface area contributed by atoms with Crippen LogP contribution in [0, 0.1) is 0 Å². The number of ether oxygens (including phenoxy) is 1. The van der Waals surface area contributed by atoms with Gasteiger partial charge < -0.3 is 10.1 Å². The summed E-state index contributed by atoms with van der Waals surface area (Å²) in [5.74, 6) is -0.404. The molecule has 0 unspecified atom stereocenters. The van der Waals surface area contributed by atoms with E-state index in [0.717, 1.165) is 10.4 Å². The molecule has 7 nitrogen and oxygen atoms in total. The second-order valence-corrected chi connectivity index (χ2v) is 9.36. The average Bonchev–Trinajstić information content (AvgIpc) is 3.31. The lowest BCUT2D eigenvalue weighted by Crippen LogP contribution is -2.27. The summed E-state index contributed by atoms with van der Waals surface area (Å²) in [4.78, 5) is 43.4. The number of thioether (sulfide) groups is 1. The molecule has 0 spiro atoms. The van der Waals surface area contributed by atoms with Crippen molar-refractivity contribution in [2.45, 2.75) is 18.0 Å². The summed E-state index contributed by atoms with van der Waals surface area (Å²) < 4.78 is 6.15. The van der Waals surface area contributed by atoms with Crippen molar-refractivity contribution in [3.8, 4) is 16.1 Å². The van der Waals surface area contributed by atoms with E-state index in [2.05, 4.69) is 10.1 Å². The molecule has 0 aliphatic carbocycles. The van der Waals surface area contributed by atoms with Crippen molar-refractivity contribution in [3.05, 3.63) is 77.1 Å². The Morgan fingerprint density at radius 2 is 1.79 bits per heavy atom. The molecule has 0 aliphatic rings. The highest BCUT2D eigenvalue weighted by molar-refractivity contribution is 7.99. The molecule has 9 heteroatoms. The molecule has 0 atom stereocenters. The molecule has 174 valence electrons. The summed E-state index contributed by atoms with van der Waals surface area (Å²) in [6.45, 7) is 0.373. The third-order valence-electron chi connectivity index (χ3n) is 5.05. The number of para-hydroxylation sites is 1. The molecular weight excluding hydrogens is 470 g/mol. The predicted molar refractivity (Wildman–Crippen MR) is 136 cm³/mol. The SMILES string of the molecule is COC(=O)CCCNC(=O)CSc1nc2sc(-c3ccccc3)cc2c(=O)n1-c1ccccc1. The van der Waals surface area contributed by atoms with Crippen LogP contribution in [0.2, 0.25) is 0 Å². The van der Waals surface area contributed by atoms with Crippen LogP contribution in [0.1, 0.15) is 12.8 Å². The smallest absolute Gasteiger partial charge is 0.305 e. The van der Waals surface area contributed by atoms with Crippen LogP contribution in [-0.4, -0.2) is 40.8 Å². The third kappa shape index (κ3) is 5.55. The summed E-state index contributed by atoms with van der Waals surface area (Å²) in [6.07, 6.45) is 0.747. The molecule has 0 bridgehead atoms. The van der Waals surface area contributed by atoms with Gasteiger partial charge in [0.05, 0.1) is 23.9 Å². The van der Waals surface area contributed by atoms with E-state index in [4.69, 9.17) is 4.98 Å². The van der Waals surface area contributed by atoms with Crippen molar-refractivity contribution in [1.29, 1.82) is 0 Å². The van der Waals surface area contributed by atoms with Crippen molar-refractivity contribution >= 4 is 45.2 Å². The van der Waals surface area contributed by atoms with Crippen molar-refractivity contribution < 1.29 is 14.3 Å². The topological polar surface area (TPSA) is 90.3 Å². The lowest BCUT2D eigenvalue weighted by Gasteiger charge is -2.12. The Kier molecular flexibility index (Phi) is 7.76. The largest absolute Gasteiger partial charge is 0.469 e. The fourth-order valence-electron chi connectivity index (χ4n) is 3.35. The first kappa shape index (κ1) is 23.7. The monoisotopic (exact) mass is 493 g/mol. The number of amides is 1. The molecule has 0 fully saturated rings. The van der Waals surface area contributed by atoms with Gasteiger partial charge in [-0.25, -0.2) is 4.98 Å². The minimum absolute atomic E-state index is 0.0971. The third-order valence-corrected chi connectivity index (χ3v) is 7.06. The molecule has 0 saturated heterocycles. The summed E-state index contributed by atoms with van der Waals surface area (Å²) in [6, 6.07) is 21.0. The number of rotatable bonds is 9. The molecule has 4 rings (SSSR count). The van der Waals surface area contributed by atoms with Gasteiger partial charge in [-0.1, -0.05) is 60.3 Å². The van der Waals surface area contributed by atoms with Crippen LogP contribution in [0.5, 0.6) is 0 Å². The maximum Gasteiger partial charge on any atom is 0.305 e. The number of nitrogens with zero attached hydrogens (tertiary/aromatic N) is 2. The van der Waals surface area contributed by atoms with Crippen LogP contribution in [0.3, 0.4) is 0 Å². The molecular formula is C25H23N3O4S2. The van der Waals surface area contributed by atoms with E-state index in [-0.39, 0.29) is 29.6 Å². The molecule has 1 amide bonds. The van der Waals surface area contributed by atoms with E-state index in [1.165, 1.54) is 30.2 Å². The summed E-state index contributed by atoms with van der Waals surface area (Å²) >= 11 is 2.66. The van der Waals surface area contributed by atoms with E-state index in [1.54, 1.807) is 4.57 Å². The van der Waals surface area contributed by atoms with E-state index in [9.17, 15) is 14.4 Å². The number of carbonyl (C=O) groups excluding carboxylic acids is 2. The molecule has 34 heavy (non-hydrogen) atoms. The highest BCUT2D eigenvalue weighted by atomic mass is 32.2. The zero-order chi connectivity index (χ0) is 23.9. The summed E-state index contributed by atoms with van der Waals surface area (Å²) in [5, 5.41) is 3.79. The Hall–Kier alpha value is -3.43. The second kappa shape index (κ2) is 11.1. The summed E-state index contributed by atoms with van der Waals surface area (Å²) in [7, 11) is 1.34. The predicted octanol–water partition coefficient (Wildman–Crippen LogP) is 4.28. The summed E-state index contributed by atoms with van der Waals surface area (Å²) in [5.41, 5.74) is 1.54. The van der Waals surface area contributed by atoms with Gasteiger partial charge in [0, 0.05) is 17.8 Å². The van der Waals surface area contributed by atoms with Crippen LogP contribution in [-0.2, 0) is 14.3 Å². The Labute approximate surface area is 204 Å². The number of benzene rings is 2. The van der Waals surface area contributed by atoms with Crippen LogP contribution in [0.25, 0.3) is 26.3 Å². The van der Waals surface area contributed by atoms with E-state index < -0.39 is 0 Å². The van der Waals surface area contributed by atoms with Crippen molar-refractivity contribution in [2.24, 2.45) is 0 Å². The standard InChI is InChI=1S/C25H23N3O4S2/c1-32-22(30)13-8-14-26-21(29)16-33-25-27-23-19(15-20(34-23)17-9-4-2-5-10-17)24(31)28(25)18-11-6-3-7-12-18/h2-7,9-12,15H,8,13-14,16H2,1H3,(H,26,29). The minimum atomic E-state index is -0.307. The highest BCUT2D eigenvalue weighted by Gasteiger charge is 2.17. The first-order valence-corrected chi connectivity index (χ1v) is 12.5. The van der Waals surface area contributed by atoms with Gasteiger partial charge >= 0.3 is 5.97 Å². The van der Waals surface area contributed by atoms with Crippen LogP contribution in [0.15, 0.2) is 76.7 Å². The fraction of sp³-hybridized carbons (Fsp3) is 0.200. The number of nitrogens with one attached hydrogen (secondary N) is 1. The molecule has 1 N–H and O–H groups in total. The normalized spacial score (nSPS) is 10.9. The average molecular weight is 494 g/mol. The van der Waals surface area contributed by atoms with Crippen molar-refractivity contribution in [1.82, 2.24) is 14.9 Å². The van der Waals surface area contributed by atoms with Crippen LogP contribution < -0.4 is 10.9 Å². The molecule has 2 aromatic heterocycles. The lowest BCUT2D eigenvalue weighted by molar-refractivity contribution is -0.140. The van der Waals surface area contributed by atoms with Gasteiger partial charge in [-0.05, 0) is 30.2 Å². The number of esters is 1. The van der Waals surface area contributed by atoms with Crippen LogP contribution in [0.4, 0.5) is 0 Å². The zero-order valence-corrected chi connectivity index (χ0v) is 20.2. The molecule has 4 aromatic rings. The van der Waals surface area contributed by atoms with E-state index >= 15 is 0 Å². The highest BCUT2D eigenvalue weighted by Crippen LogP contribution is 2.32. The van der Waals surface area contributed by atoms with Gasteiger partial charge in [0.2, 0.25) is 5.91 Å². The van der Waals surface area contributed by atoms with Crippen molar-refractivity contribution in [2.75, 3.05) is 19.4 Å². The van der Waals surface area contributed by atoms with Gasteiger partial charge in [0.15, 0.2) is 5.16 Å². The minimum Gasteiger partial charge on any atom is -0.469 e. The number of aromatic nitrogens is 2. The quantitative estimate of drug-likeness (QED) is 0.162. The molecule has 0 aliphatic heterocycles. The van der Waals surface area contributed by atoms with Crippen molar-refractivity contribution in [3.63, 3.8) is 0 Å². The first-order chi connectivity index (χ1) is 16.6. The van der Waals surface area contributed by atoms with Gasteiger partial charge in [0.1, 0.15) is 4.83 Å². The lowest BCUT2D eigenvalue weighted by atomic mass is 10.2. The number of thiophene rings is 1. The number of carbonyl (C=O) groups is 2.